The van der Waals surface area contributed by atoms with Crippen LogP contribution in [0.3, 0.4) is 0 Å². The molecule has 2 heteroatoms. The number of esters is 1. The maximum Gasteiger partial charge on any atom is 0.344 e. The van der Waals surface area contributed by atoms with Gasteiger partial charge >= 0.3 is 5.97 Å². The second-order valence-corrected chi connectivity index (χ2v) is 6.51. The predicted octanol–water partition coefficient (Wildman–Crippen LogP) is 5.77. The van der Waals surface area contributed by atoms with Crippen LogP contribution in [0.1, 0.15) is 29.8 Å². The molecule has 0 unspecified atom stereocenters. The van der Waals surface area contributed by atoms with Crippen molar-refractivity contribution in [2.45, 2.75) is 20.3 Å². The summed E-state index contributed by atoms with van der Waals surface area (Å²) in [5, 5.41) is 0. The fourth-order valence-corrected chi connectivity index (χ4v) is 2.90. The van der Waals surface area contributed by atoms with Gasteiger partial charge in [0.05, 0.1) is 5.56 Å². The van der Waals surface area contributed by atoms with E-state index in [9.17, 15) is 4.79 Å². The van der Waals surface area contributed by atoms with Gasteiger partial charge in [-0.2, -0.15) is 0 Å². The SMILES string of the molecule is CC(C)Cc1ccccc1OC(=O)c1ccccc1-c1ccccc1. The summed E-state index contributed by atoms with van der Waals surface area (Å²) in [7, 11) is 0. The van der Waals surface area contributed by atoms with E-state index < -0.39 is 0 Å². The summed E-state index contributed by atoms with van der Waals surface area (Å²) in [6.45, 7) is 4.31. The molecule has 0 aliphatic rings. The van der Waals surface area contributed by atoms with Crippen LogP contribution in [-0.2, 0) is 6.42 Å². The Labute approximate surface area is 149 Å². The van der Waals surface area contributed by atoms with Crippen molar-refractivity contribution < 1.29 is 9.53 Å². The Morgan fingerprint density at radius 1 is 0.840 bits per heavy atom. The summed E-state index contributed by atoms with van der Waals surface area (Å²) in [4.78, 5) is 12.8. The molecule has 0 saturated carbocycles. The minimum Gasteiger partial charge on any atom is -0.423 e. The molecule has 3 aromatic carbocycles. The number of rotatable bonds is 5. The highest BCUT2D eigenvalue weighted by Gasteiger charge is 2.16. The van der Waals surface area contributed by atoms with E-state index in [1.165, 1.54) is 0 Å². The molecule has 126 valence electrons. The van der Waals surface area contributed by atoms with Crippen molar-refractivity contribution >= 4 is 5.97 Å². The molecule has 0 amide bonds. The van der Waals surface area contributed by atoms with Crippen LogP contribution < -0.4 is 4.74 Å². The molecular formula is C23H22O2. The molecule has 3 rings (SSSR count). The quantitative estimate of drug-likeness (QED) is 0.438. The Hall–Kier alpha value is -2.87. The first-order chi connectivity index (χ1) is 12.1. The van der Waals surface area contributed by atoms with E-state index in [1.807, 2.05) is 78.9 Å². The molecule has 2 nitrogen and oxygen atoms in total. The second kappa shape index (κ2) is 7.80. The maximum absolute atomic E-state index is 12.8. The number of ether oxygens (including phenoxy) is 1. The minimum absolute atomic E-state index is 0.323. The first-order valence-corrected chi connectivity index (χ1v) is 8.59. The topological polar surface area (TPSA) is 26.3 Å². The Kier molecular flexibility index (Phi) is 5.30. The standard InChI is InChI=1S/C23H22O2/c1-17(2)16-19-12-6-9-15-22(19)25-23(24)21-14-8-7-13-20(21)18-10-4-3-5-11-18/h3-15,17H,16H2,1-2H3. The van der Waals surface area contributed by atoms with E-state index in [0.717, 1.165) is 23.1 Å². The molecule has 25 heavy (non-hydrogen) atoms. The molecule has 0 spiro atoms. The first-order valence-electron chi connectivity index (χ1n) is 8.59. The lowest BCUT2D eigenvalue weighted by atomic mass is 9.99. The fraction of sp³-hybridized carbons (Fsp3) is 0.174. The van der Waals surface area contributed by atoms with Gasteiger partial charge < -0.3 is 4.74 Å². The van der Waals surface area contributed by atoms with E-state index in [-0.39, 0.29) is 5.97 Å². The summed E-state index contributed by atoms with van der Waals surface area (Å²) in [5.74, 6) is 0.816. The smallest absolute Gasteiger partial charge is 0.344 e. The fourth-order valence-electron chi connectivity index (χ4n) is 2.90. The molecule has 0 atom stereocenters. The van der Waals surface area contributed by atoms with Crippen molar-refractivity contribution in [1.29, 1.82) is 0 Å². The highest BCUT2D eigenvalue weighted by atomic mass is 16.5. The van der Waals surface area contributed by atoms with Crippen molar-refractivity contribution in [3.63, 3.8) is 0 Å². The van der Waals surface area contributed by atoms with E-state index in [0.29, 0.717) is 17.2 Å². The largest absolute Gasteiger partial charge is 0.423 e. The van der Waals surface area contributed by atoms with Gasteiger partial charge in [0.1, 0.15) is 5.75 Å². The molecule has 0 fully saturated rings. The van der Waals surface area contributed by atoms with Crippen LogP contribution in [-0.4, -0.2) is 5.97 Å². The zero-order valence-electron chi connectivity index (χ0n) is 14.6. The maximum atomic E-state index is 12.8. The van der Waals surface area contributed by atoms with Gasteiger partial charge in [0.2, 0.25) is 0 Å². The molecule has 0 heterocycles. The van der Waals surface area contributed by atoms with Crippen molar-refractivity contribution in [3.8, 4) is 16.9 Å². The van der Waals surface area contributed by atoms with E-state index in [4.69, 9.17) is 4.74 Å². The Morgan fingerprint density at radius 2 is 1.48 bits per heavy atom. The predicted molar refractivity (Wildman–Crippen MR) is 102 cm³/mol. The van der Waals surface area contributed by atoms with Gasteiger partial charge in [-0.15, -0.1) is 0 Å². The molecule has 0 aliphatic carbocycles. The Bertz CT molecular complexity index is 851. The molecule has 3 aromatic rings. The van der Waals surface area contributed by atoms with Crippen LogP contribution in [0.4, 0.5) is 0 Å². The van der Waals surface area contributed by atoms with Crippen LogP contribution in [0, 0.1) is 5.92 Å². The van der Waals surface area contributed by atoms with Gasteiger partial charge in [-0.25, -0.2) is 4.79 Å². The van der Waals surface area contributed by atoms with E-state index in [2.05, 4.69) is 13.8 Å². The van der Waals surface area contributed by atoms with Crippen molar-refractivity contribution in [2.75, 3.05) is 0 Å². The zero-order chi connectivity index (χ0) is 17.6. The molecule has 0 saturated heterocycles. The van der Waals surface area contributed by atoms with Gasteiger partial charge in [-0.3, -0.25) is 0 Å². The number of carbonyl (C=O) groups excluding carboxylic acids is 1. The van der Waals surface area contributed by atoms with Crippen molar-refractivity contribution in [3.05, 3.63) is 90.0 Å². The molecule has 0 aliphatic heterocycles. The number of benzene rings is 3. The van der Waals surface area contributed by atoms with E-state index >= 15 is 0 Å². The third-order valence-electron chi connectivity index (χ3n) is 4.04. The monoisotopic (exact) mass is 330 g/mol. The zero-order valence-corrected chi connectivity index (χ0v) is 14.6. The van der Waals surface area contributed by atoms with Crippen LogP contribution in [0.25, 0.3) is 11.1 Å². The Balaban J connectivity index is 1.91. The first kappa shape index (κ1) is 17.0. The highest BCUT2D eigenvalue weighted by molar-refractivity contribution is 5.98. The summed E-state index contributed by atoms with van der Waals surface area (Å²) < 4.78 is 5.76. The normalized spacial score (nSPS) is 10.7. The van der Waals surface area contributed by atoms with Crippen LogP contribution in [0.15, 0.2) is 78.9 Å². The third kappa shape index (κ3) is 4.16. The van der Waals surface area contributed by atoms with Gasteiger partial charge in [-0.1, -0.05) is 80.6 Å². The molecular weight excluding hydrogens is 308 g/mol. The second-order valence-electron chi connectivity index (χ2n) is 6.51. The third-order valence-corrected chi connectivity index (χ3v) is 4.04. The highest BCUT2D eigenvalue weighted by Crippen LogP contribution is 2.27. The van der Waals surface area contributed by atoms with Gasteiger partial charge in [-0.05, 0) is 41.2 Å². The number of carbonyl (C=O) groups is 1. The minimum atomic E-state index is -0.323. The van der Waals surface area contributed by atoms with Gasteiger partial charge in [0, 0.05) is 0 Å². The Morgan fingerprint density at radius 3 is 2.24 bits per heavy atom. The average molecular weight is 330 g/mol. The van der Waals surface area contributed by atoms with Crippen LogP contribution in [0.5, 0.6) is 5.75 Å². The lowest BCUT2D eigenvalue weighted by Crippen LogP contribution is -2.11. The summed E-state index contributed by atoms with van der Waals surface area (Å²) in [6, 6.07) is 25.2. The molecule has 0 radical (unpaired) electrons. The van der Waals surface area contributed by atoms with E-state index in [1.54, 1.807) is 0 Å². The lowest BCUT2D eigenvalue weighted by Gasteiger charge is -2.13. The lowest BCUT2D eigenvalue weighted by molar-refractivity contribution is 0.0733. The van der Waals surface area contributed by atoms with Gasteiger partial charge in [0.15, 0.2) is 0 Å². The number of para-hydroxylation sites is 1. The molecule has 0 bridgehead atoms. The molecule has 0 N–H and O–H groups in total. The average Bonchev–Trinajstić information content (AvgIpc) is 2.63. The van der Waals surface area contributed by atoms with Crippen molar-refractivity contribution in [2.24, 2.45) is 5.92 Å². The van der Waals surface area contributed by atoms with Gasteiger partial charge in [0.25, 0.3) is 0 Å². The van der Waals surface area contributed by atoms with Crippen LogP contribution in [0.2, 0.25) is 0 Å². The molecule has 0 aromatic heterocycles. The van der Waals surface area contributed by atoms with Crippen molar-refractivity contribution in [1.82, 2.24) is 0 Å². The summed E-state index contributed by atoms with van der Waals surface area (Å²) in [5.41, 5.74) is 3.52. The number of hydrogen-bond acceptors (Lipinski definition) is 2. The summed E-state index contributed by atoms with van der Waals surface area (Å²) >= 11 is 0. The van der Waals surface area contributed by atoms with Crippen LogP contribution >= 0.6 is 0 Å². The summed E-state index contributed by atoms with van der Waals surface area (Å²) in [6.07, 6.45) is 0.879. The number of hydrogen-bond donors (Lipinski definition) is 0.